The number of halogens is 3. The van der Waals surface area contributed by atoms with Crippen molar-refractivity contribution < 1.29 is 4.79 Å². The zero-order valence-corrected chi connectivity index (χ0v) is 6.72. The molecular formula is C4H7Cl3O. The fourth-order valence-electron chi connectivity index (χ4n) is 0. The molecule has 50 valence electrons. The summed E-state index contributed by atoms with van der Waals surface area (Å²) < 4.78 is 0. The molecule has 0 aliphatic heterocycles. The molecule has 1 nitrogen and oxygen atoms in total. The van der Waals surface area contributed by atoms with Crippen LogP contribution in [-0.2, 0) is 4.79 Å². The highest BCUT2D eigenvalue weighted by atomic mass is 35.5. The van der Waals surface area contributed by atoms with E-state index < -0.39 is 0 Å². The lowest BCUT2D eigenvalue weighted by Gasteiger charge is -1.63. The van der Waals surface area contributed by atoms with Gasteiger partial charge in [-0.3, -0.25) is 4.79 Å². The standard InChI is InChI=1S/C2H4Cl2.C2H3ClO/c3-1-2-4;1-2(3)4/h1-2H2;1H3. The first-order chi connectivity index (χ1) is 3.65. The Morgan fingerprint density at radius 2 is 1.50 bits per heavy atom. The molecule has 8 heavy (non-hydrogen) atoms. The molecule has 0 aliphatic carbocycles. The van der Waals surface area contributed by atoms with Crippen LogP contribution in [-0.4, -0.2) is 17.0 Å². The Hall–Kier alpha value is 0.540. The van der Waals surface area contributed by atoms with Crippen LogP contribution in [0.5, 0.6) is 0 Å². The van der Waals surface area contributed by atoms with E-state index in [-0.39, 0.29) is 5.24 Å². The van der Waals surface area contributed by atoms with Crippen molar-refractivity contribution in [3.63, 3.8) is 0 Å². The zero-order chi connectivity index (χ0) is 6.99. The van der Waals surface area contributed by atoms with E-state index in [4.69, 9.17) is 23.2 Å². The Morgan fingerprint density at radius 1 is 1.38 bits per heavy atom. The summed E-state index contributed by atoms with van der Waals surface area (Å²) in [5.41, 5.74) is 0. The van der Waals surface area contributed by atoms with Crippen LogP contribution in [0.3, 0.4) is 0 Å². The van der Waals surface area contributed by atoms with Crippen LogP contribution in [0.4, 0.5) is 0 Å². The number of hydrogen-bond acceptors (Lipinski definition) is 1. The monoisotopic (exact) mass is 176 g/mol. The van der Waals surface area contributed by atoms with Crippen molar-refractivity contribution in [1.82, 2.24) is 0 Å². The van der Waals surface area contributed by atoms with Crippen LogP contribution >= 0.6 is 34.8 Å². The van der Waals surface area contributed by atoms with Crippen molar-refractivity contribution >= 4 is 40.0 Å². The van der Waals surface area contributed by atoms with E-state index in [1.807, 2.05) is 0 Å². The average Bonchev–Trinajstić information content (AvgIpc) is 1.65. The van der Waals surface area contributed by atoms with E-state index in [1.165, 1.54) is 6.92 Å². The summed E-state index contributed by atoms with van der Waals surface area (Å²) in [5.74, 6) is 1.11. The highest BCUT2D eigenvalue weighted by Crippen LogP contribution is 1.75. The Bertz CT molecular complexity index is 49.2. The number of hydrogen-bond donors (Lipinski definition) is 0. The fourth-order valence-corrected chi connectivity index (χ4v) is 0. The lowest BCUT2D eigenvalue weighted by Crippen LogP contribution is -1.63. The molecule has 0 amide bonds. The first-order valence-corrected chi connectivity index (χ1v) is 3.37. The summed E-state index contributed by atoms with van der Waals surface area (Å²) >= 11 is 14.7. The molecule has 0 saturated heterocycles. The van der Waals surface area contributed by atoms with Gasteiger partial charge < -0.3 is 0 Å². The van der Waals surface area contributed by atoms with Crippen LogP contribution in [0.2, 0.25) is 0 Å². The van der Waals surface area contributed by atoms with E-state index in [0.29, 0.717) is 11.8 Å². The highest BCUT2D eigenvalue weighted by molar-refractivity contribution is 6.62. The summed E-state index contributed by atoms with van der Waals surface area (Å²) in [6.45, 7) is 1.29. The number of rotatable bonds is 1. The largest absolute Gasteiger partial charge is 0.282 e. The molecule has 0 saturated carbocycles. The Labute approximate surface area is 63.9 Å². The lowest BCUT2D eigenvalue weighted by atomic mass is 10.9. The minimum absolute atomic E-state index is 0.361. The molecule has 0 bridgehead atoms. The molecule has 0 aromatic heterocycles. The second-order valence-corrected chi connectivity index (χ2v) is 2.14. The minimum atomic E-state index is -0.361. The molecule has 0 rings (SSSR count). The van der Waals surface area contributed by atoms with Crippen LogP contribution in [0.15, 0.2) is 0 Å². The van der Waals surface area contributed by atoms with Crippen molar-refractivity contribution in [1.29, 1.82) is 0 Å². The summed E-state index contributed by atoms with van der Waals surface area (Å²) in [7, 11) is 0. The van der Waals surface area contributed by atoms with Crippen LogP contribution in [0.25, 0.3) is 0 Å². The van der Waals surface area contributed by atoms with Gasteiger partial charge in [-0.25, -0.2) is 0 Å². The molecule has 0 aliphatic rings. The lowest BCUT2D eigenvalue weighted by molar-refractivity contribution is -0.109. The summed E-state index contributed by atoms with van der Waals surface area (Å²) in [4.78, 5) is 9.21. The van der Waals surface area contributed by atoms with Gasteiger partial charge in [0.25, 0.3) is 0 Å². The van der Waals surface area contributed by atoms with E-state index in [1.54, 1.807) is 0 Å². The Kier molecular flexibility index (Phi) is 14.9. The maximum absolute atomic E-state index is 9.21. The van der Waals surface area contributed by atoms with Gasteiger partial charge in [0, 0.05) is 18.7 Å². The average molecular weight is 177 g/mol. The smallest absolute Gasteiger partial charge is 0.218 e. The van der Waals surface area contributed by atoms with Gasteiger partial charge in [-0.05, 0) is 11.6 Å². The second-order valence-electron chi connectivity index (χ2n) is 0.848. The topological polar surface area (TPSA) is 17.1 Å². The fraction of sp³-hybridized carbons (Fsp3) is 0.750. The maximum atomic E-state index is 9.21. The van der Waals surface area contributed by atoms with Gasteiger partial charge in [0.2, 0.25) is 5.24 Å². The highest BCUT2D eigenvalue weighted by Gasteiger charge is 1.67. The quantitative estimate of drug-likeness (QED) is 0.443. The second kappa shape index (κ2) is 10.5. The third-order valence-corrected chi connectivity index (χ3v) is 0.643. The molecule has 0 aromatic carbocycles. The molecule has 0 heterocycles. The van der Waals surface area contributed by atoms with E-state index in [2.05, 4.69) is 11.6 Å². The first kappa shape index (κ1) is 11.4. The molecule has 0 N–H and O–H groups in total. The van der Waals surface area contributed by atoms with Gasteiger partial charge in [0.15, 0.2) is 0 Å². The predicted molar refractivity (Wildman–Crippen MR) is 38.0 cm³/mol. The molecule has 0 aromatic rings. The Balaban J connectivity index is 0. The van der Waals surface area contributed by atoms with E-state index in [0.717, 1.165) is 0 Å². The first-order valence-electron chi connectivity index (χ1n) is 1.93. The van der Waals surface area contributed by atoms with E-state index >= 15 is 0 Å². The SMILES string of the molecule is CC(=O)Cl.ClCCCl. The van der Waals surface area contributed by atoms with Gasteiger partial charge in [-0.15, -0.1) is 23.2 Å². The van der Waals surface area contributed by atoms with Crippen molar-refractivity contribution in [2.45, 2.75) is 6.92 Å². The molecule has 0 unspecified atom stereocenters. The number of carbonyl (C=O) groups is 1. The Morgan fingerprint density at radius 3 is 1.50 bits per heavy atom. The van der Waals surface area contributed by atoms with Crippen LogP contribution < -0.4 is 0 Å². The third kappa shape index (κ3) is 84.6. The third-order valence-electron chi connectivity index (χ3n) is 0.0714. The normalized spacial score (nSPS) is 7.00. The van der Waals surface area contributed by atoms with Gasteiger partial charge >= 0.3 is 0 Å². The van der Waals surface area contributed by atoms with Crippen molar-refractivity contribution in [2.75, 3.05) is 11.8 Å². The van der Waals surface area contributed by atoms with Gasteiger partial charge in [-0.2, -0.15) is 0 Å². The van der Waals surface area contributed by atoms with Gasteiger partial charge in [-0.1, -0.05) is 0 Å². The summed E-state index contributed by atoms with van der Waals surface area (Å²) in [6, 6.07) is 0. The summed E-state index contributed by atoms with van der Waals surface area (Å²) in [6.07, 6.45) is 0. The molecule has 0 atom stereocenters. The predicted octanol–water partition coefficient (Wildman–Crippen LogP) is 2.24. The molecule has 4 heteroatoms. The van der Waals surface area contributed by atoms with E-state index in [9.17, 15) is 4.79 Å². The molecule has 0 fully saturated rings. The van der Waals surface area contributed by atoms with Crippen molar-refractivity contribution in [3.05, 3.63) is 0 Å². The maximum Gasteiger partial charge on any atom is 0.218 e. The molecule has 0 spiro atoms. The molecular weight excluding hydrogens is 170 g/mol. The number of alkyl halides is 2. The van der Waals surface area contributed by atoms with Crippen LogP contribution in [0, 0.1) is 0 Å². The zero-order valence-electron chi connectivity index (χ0n) is 4.46. The number of carbonyl (C=O) groups excluding carboxylic acids is 1. The minimum Gasteiger partial charge on any atom is -0.282 e. The van der Waals surface area contributed by atoms with Crippen molar-refractivity contribution in [3.8, 4) is 0 Å². The van der Waals surface area contributed by atoms with Crippen LogP contribution in [0.1, 0.15) is 6.92 Å². The summed E-state index contributed by atoms with van der Waals surface area (Å²) in [5, 5.41) is -0.361. The molecule has 0 radical (unpaired) electrons. The van der Waals surface area contributed by atoms with Crippen molar-refractivity contribution in [2.24, 2.45) is 0 Å². The van der Waals surface area contributed by atoms with Gasteiger partial charge in [0.1, 0.15) is 0 Å². The van der Waals surface area contributed by atoms with Gasteiger partial charge in [0.05, 0.1) is 0 Å².